The number of carbonyl (C=O) groups excluding carboxylic acids is 2. The van der Waals surface area contributed by atoms with Gasteiger partial charge < -0.3 is 28.5 Å². The Bertz CT molecular complexity index is 1260. The van der Waals surface area contributed by atoms with Gasteiger partial charge in [0.05, 0.1) is 50.7 Å². The molecule has 1 aromatic heterocycles. The van der Waals surface area contributed by atoms with Crippen molar-refractivity contribution in [3.8, 4) is 0 Å². The molecule has 2 saturated heterocycles. The van der Waals surface area contributed by atoms with Crippen molar-refractivity contribution in [1.82, 2.24) is 0 Å². The molecule has 8 nitrogen and oxygen atoms in total. The average Bonchev–Trinajstić information content (AvgIpc) is 3.65. The van der Waals surface area contributed by atoms with Gasteiger partial charge in [-0.3, -0.25) is 4.79 Å². The molecule has 3 aliphatic carbocycles. The van der Waals surface area contributed by atoms with Crippen molar-refractivity contribution in [1.29, 1.82) is 0 Å². The normalized spacial score (nSPS) is 45.0. The maximum atomic E-state index is 13.2. The zero-order valence-electron chi connectivity index (χ0n) is 24.6. The quantitative estimate of drug-likeness (QED) is 0.317. The van der Waals surface area contributed by atoms with Gasteiger partial charge in [0.1, 0.15) is 6.10 Å². The highest BCUT2D eigenvalue weighted by atomic mass is 16.6. The fraction of sp³-hybridized carbons (Fsp3) is 0.688. The molecule has 5 aliphatic rings. The topological polar surface area (TPSA) is 104 Å². The number of ether oxygens (including phenoxy) is 4. The highest BCUT2D eigenvalue weighted by Gasteiger charge is 2.78. The predicted molar refractivity (Wildman–Crippen MR) is 145 cm³/mol. The Morgan fingerprint density at radius 1 is 1.20 bits per heavy atom. The van der Waals surface area contributed by atoms with Crippen LogP contribution >= 0.6 is 0 Å². The molecule has 6 rings (SSSR count). The Kier molecular flexibility index (Phi) is 6.45. The fourth-order valence-electron chi connectivity index (χ4n) is 9.73. The molecule has 2 saturated carbocycles. The van der Waals surface area contributed by atoms with Crippen LogP contribution in [0.2, 0.25) is 0 Å². The number of carbonyl (C=O) groups is 2. The summed E-state index contributed by atoms with van der Waals surface area (Å²) >= 11 is 0. The number of hydrogen-bond donors (Lipinski definition) is 1. The second-order valence-electron chi connectivity index (χ2n) is 13.6. The Morgan fingerprint density at radius 3 is 2.60 bits per heavy atom. The van der Waals surface area contributed by atoms with Gasteiger partial charge >= 0.3 is 11.9 Å². The molecule has 0 radical (unpaired) electrons. The number of hydrogen-bond acceptors (Lipinski definition) is 8. The van der Waals surface area contributed by atoms with E-state index in [0.29, 0.717) is 6.61 Å². The summed E-state index contributed by atoms with van der Waals surface area (Å²) in [6.45, 7) is 12.7. The summed E-state index contributed by atoms with van der Waals surface area (Å²) in [4.78, 5) is 26.2. The molecule has 4 fully saturated rings. The predicted octanol–water partition coefficient (Wildman–Crippen LogP) is 4.72. The minimum atomic E-state index is -0.726. The van der Waals surface area contributed by atoms with Crippen molar-refractivity contribution in [2.45, 2.75) is 97.2 Å². The highest BCUT2D eigenvalue weighted by Crippen LogP contribution is 2.73. The second kappa shape index (κ2) is 9.30. The molecule has 1 aromatic rings. The van der Waals surface area contributed by atoms with E-state index in [1.54, 1.807) is 12.5 Å². The van der Waals surface area contributed by atoms with Crippen molar-refractivity contribution in [2.75, 3.05) is 13.7 Å². The average molecular weight is 555 g/mol. The minimum absolute atomic E-state index is 0.120. The molecule has 40 heavy (non-hydrogen) atoms. The molecule has 218 valence electrons. The number of fused-ring (bicyclic) bond motifs is 4. The summed E-state index contributed by atoms with van der Waals surface area (Å²) in [6, 6.07) is 2.01. The van der Waals surface area contributed by atoms with Crippen LogP contribution in [0.4, 0.5) is 0 Å². The van der Waals surface area contributed by atoms with Gasteiger partial charge in [0, 0.05) is 47.0 Å². The molecule has 0 unspecified atom stereocenters. The third kappa shape index (κ3) is 3.61. The Balaban J connectivity index is 1.53. The number of esters is 2. The van der Waals surface area contributed by atoms with Crippen LogP contribution in [0.25, 0.3) is 0 Å². The molecule has 1 N–H and O–H groups in total. The van der Waals surface area contributed by atoms with Gasteiger partial charge in [-0.2, -0.15) is 0 Å². The van der Waals surface area contributed by atoms with Crippen LogP contribution in [0.15, 0.2) is 45.8 Å². The lowest BCUT2D eigenvalue weighted by molar-refractivity contribution is -0.248. The van der Waals surface area contributed by atoms with Crippen molar-refractivity contribution in [3.63, 3.8) is 0 Å². The van der Waals surface area contributed by atoms with E-state index in [9.17, 15) is 14.7 Å². The number of rotatable bonds is 5. The molecule has 11 atom stereocenters. The first-order chi connectivity index (χ1) is 18.9. The standard InChI is InChI=1S/C32H42O8/c1-16(2)10-25(35)40-23-13-22(33)30(4)15-38-27-28(30)31(23,5)21(12-24(34)36-7)32(6)26-17(3)19(18-8-9-37-14-18)11-20(26)39-29(27)32/h8-10,14,19-23,27-29,33H,11-13,15H2,1-7H3/t19-,20-,21-,22-,23+,27-,28+,29-,30-,31+,32-/m1/s1. The van der Waals surface area contributed by atoms with E-state index in [0.717, 1.165) is 17.6 Å². The molecule has 0 aromatic carbocycles. The molecule has 2 aliphatic heterocycles. The molecule has 8 heteroatoms. The van der Waals surface area contributed by atoms with Gasteiger partial charge in [0.2, 0.25) is 0 Å². The van der Waals surface area contributed by atoms with Gasteiger partial charge in [-0.05, 0) is 50.3 Å². The highest BCUT2D eigenvalue weighted by molar-refractivity contribution is 5.82. The second-order valence-corrected chi connectivity index (χ2v) is 13.6. The van der Waals surface area contributed by atoms with Crippen LogP contribution in [0.3, 0.4) is 0 Å². The summed E-state index contributed by atoms with van der Waals surface area (Å²) in [7, 11) is 1.42. The summed E-state index contributed by atoms with van der Waals surface area (Å²) in [5, 5.41) is 11.5. The Hall–Kier alpha value is -2.42. The third-order valence-electron chi connectivity index (χ3n) is 11.4. The SMILES string of the molecule is COC(=O)C[C@H]1[C@]2(C)C3=C(C)[C@H](c4ccoc4)C[C@H]3O[C@@H]2[C@@H]2OC[C@]3(C)[C@H](O)C[C@H](OC(=O)C=C(C)C)[C@@]1(C)[C@@H]23. The first kappa shape index (κ1) is 27.7. The smallest absolute Gasteiger partial charge is 0.330 e. The fourth-order valence-corrected chi connectivity index (χ4v) is 9.73. The summed E-state index contributed by atoms with van der Waals surface area (Å²) < 4.78 is 30.4. The first-order valence-corrected chi connectivity index (χ1v) is 14.5. The summed E-state index contributed by atoms with van der Waals surface area (Å²) in [6.07, 6.45) is 4.13. The first-order valence-electron chi connectivity index (χ1n) is 14.5. The maximum absolute atomic E-state index is 13.2. The van der Waals surface area contributed by atoms with E-state index in [-0.39, 0.29) is 54.9 Å². The third-order valence-corrected chi connectivity index (χ3v) is 11.4. The lowest BCUT2D eigenvalue weighted by Gasteiger charge is -2.65. The van der Waals surface area contributed by atoms with Gasteiger partial charge in [0.15, 0.2) is 0 Å². The number of furan rings is 1. The van der Waals surface area contributed by atoms with Crippen molar-refractivity contribution in [2.24, 2.45) is 28.1 Å². The Labute approximate surface area is 236 Å². The number of aliphatic hydroxyl groups is 1. The van der Waals surface area contributed by atoms with Crippen LogP contribution in [0, 0.1) is 28.1 Å². The van der Waals surface area contributed by atoms with Crippen molar-refractivity contribution < 1.29 is 38.1 Å². The van der Waals surface area contributed by atoms with Crippen molar-refractivity contribution >= 4 is 11.9 Å². The summed E-state index contributed by atoms with van der Waals surface area (Å²) in [5.41, 5.74) is 2.57. The molecule has 0 bridgehead atoms. The van der Waals surface area contributed by atoms with Gasteiger partial charge in [-0.1, -0.05) is 31.9 Å². The van der Waals surface area contributed by atoms with Gasteiger partial charge in [0.25, 0.3) is 0 Å². The van der Waals surface area contributed by atoms with E-state index in [1.807, 2.05) is 19.9 Å². The van der Waals surface area contributed by atoms with E-state index in [1.165, 1.54) is 24.3 Å². The zero-order chi connectivity index (χ0) is 28.8. The molecular weight excluding hydrogens is 512 g/mol. The summed E-state index contributed by atoms with van der Waals surface area (Å²) in [5.74, 6) is -1.05. The molecule has 0 spiro atoms. The molecular formula is C32H42O8. The van der Waals surface area contributed by atoms with E-state index in [2.05, 4.69) is 27.7 Å². The molecule has 3 heterocycles. The van der Waals surface area contributed by atoms with E-state index in [4.69, 9.17) is 23.4 Å². The van der Waals surface area contributed by atoms with Crippen LogP contribution in [0.1, 0.15) is 72.3 Å². The number of methoxy groups -OCH3 is 1. The minimum Gasteiger partial charge on any atom is -0.472 e. The number of allylic oxidation sites excluding steroid dienone is 2. The monoisotopic (exact) mass is 554 g/mol. The molecule has 0 amide bonds. The van der Waals surface area contributed by atoms with Crippen LogP contribution in [-0.2, 0) is 28.5 Å². The lowest BCUT2D eigenvalue weighted by Crippen LogP contribution is -2.70. The lowest BCUT2D eigenvalue weighted by atomic mass is 9.40. The van der Waals surface area contributed by atoms with E-state index < -0.39 is 34.4 Å². The van der Waals surface area contributed by atoms with E-state index >= 15 is 0 Å². The zero-order valence-corrected chi connectivity index (χ0v) is 24.6. The van der Waals surface area contributed by atoms with Gasteiger partial charge in [-0.25, -0.2) is 4.79 Å². The van der Waals surface area contributed by atoms with Gasteiger partial charge in [-0.15, -0.1) is 0 Å². The van der Waals surface area contributed by atoms with Crippen LogP contribution in [0.5, 0.6) is 0 Å². The van der Waals surface area contributed by atoms with Crippen LogP contribution in [-0.4, -0.2) is 61.3 Å². The Morgan fingerprint density at radius 2 is 1.95 bits per heavy atom. The maximum Gasteiger partial charge on any atom is 0.330 e. The largest absolute Gasteiger partial charge is 0.472 e. The number of aliphatic hydroxyl groups excluding tert-OH is 1. The van der Waals surface area contributed by atoms with Crippen LogP contribution < -0.4 is 0 Å². The van der Waals surface area contributed by atoms with Crippen molar-refractivity contribution in [3.05, 3.63) is 47.0 Å².